The maximum Gasteiger partial charge on any atom is 0.447 e. The number of amides is 1. The number of alkyl halides is 3. The van der Waals surface area contributed by atoms with Crippen LogP contribution in [-0.2, 0) is 10.5 Å². The molecule has 0 saturated carbocycles. The summed E-state index contributed by atoms with van der Waals surface area (Å²) in [7, 11) is 0. The van der Waals surface area contributed by atoms with Crippen molar-refractivity contribution >= 4 is 23.4 Å². The van der Waals surface area contributed by atoms with Gasteiger partial charge in [0.1, 0.15) is 0 Å². The van der Waals surface area contributed by atoms with Gasteiger partial charge in [-0.05, 0) is 31.2 Å². The summed E-state index contributed by atoms with van der Waals surface area (Å²) in [4.78, 5) is 11.4. The van der Waals surface area contributed by atoms with Crippen LogP contribution in [0.4, 0.5) is 23.7 Å². The van der Waals surface area contributed by atoms with Gasteiger partial charge in [0.2, 0.25) is 0 Å². The lowest BCUT2D eigenvalue weighted by atomic mass is 9.98. The molecule has 1 amide bonds. The number of ether oxygens (including phenoxy) is 1. The number of carbonyl (C=O) groups excluding carboxylic acids is 1. The van der Waals surface area contributed by atoms with Crippen LogP contribution in [0.15, 0.2) is 18.2 Å². The summed E-state index contributed by atoms with van der Waals surface area (Å²) in [5, 5.41) is 4.62. The summed E-state index contributed by atoms with van der Waals surface area (Å²) in [5.74, 6) is 0. The van der Waals surface area contributed by atoms with Crippen LogP contribution in [0.2, 0.25) is 5.02 Å². The molecule has 110 valence electrons. The van der Waals surface area contributed by atoms with Crippen molar-refractivity contribution in [2.75, 3.05) is 11.9 Å². The maximum absolute atomic E-state index is 13.5. The Bertz CT molecular complexity index is 536. The molecular formula is C12H12ClF3N2O2. The zero-order valence-corrected chi connectivity index (χ0v) is 11.2. The van der Waals surface area contributed by atoms with Crippen molar-refractivity contribution in [1.82, 2.24) is 5.32 Å². The highest BCUT2D eigenvalue weighted by molar-refractivity contribution is 6.30. The van der Waals surface area contributed by atoms with Crippen LogP contribution in [0.25, 0.3) is 0 Å². The van der Waals surface area contributed by atoms with Crippen LogP contribution < -0.4 is 10.6 Å². The molecule has 1 aliphatic heterocycles. The van der Waals surface area contributed by atoms with Gasteiger partial charge in [-0.25, -0.2) is 4.79 Å². The Labute approximate surface area is 118 Å². The van der Waals surface area contributed by atoms with Crippen molar-refractivity contribution in [3.05, 3.63) is 28.8 Å². The molecule has 1 aliphatic rings. The molecule has 1 atom stereocenters. The molecule has 2 N–H and O–H groups in total. The quantitative estimate of drug-likeness (QED) is 0.896. The van der Waals surface area contributed by atoms with E-state index < -0.39 is 18.0 Å². The molecule has 1 heterocycles. The van der Waals surface area contributed by atoms with Gasteiger partial charge in [-0.1, -0.05) is 18.5 Å². The normalized spacial score (nSPS) is 21.9. The number of halogens is 4. The van der Waals surface area contributed by atoms with Gasteiger partial charge in [-0.3, -0.25) is 10.6 Å². The summed E-state index contributed by atoms with van der Waals surface area (Å²) in [6, 6.07) is 3.84. The fourth-order valence-electron chi connectivity index (χ4n) is 1.99. The number of carbonyl (C=O) groups is 1. The van der Waals surface area contributed by atoms with Crippen molar-refractivity contribution in [1.29, 1.82) is 0 Å². The maximum atomic E-state index is 13.5. The van der Waals surface area contributed by atoms with Crippen LogP contribution >= 0.6 is 11.6 Å². The number of hydrogen-bond acceptors (Lipinski definition) is 3. The first-order chi connectivity index (χ1) is 9.30. The van der Waals surface area contributed by atoms with Gasteiger partial charge in [0.25, 0.3) is 5.72 Å². The van der Waals surface area contributed by atoms with E-state index in [-0.39, 0.29) is 22.8 Å². The van der Waals surface area contributed by atoms with E-state index in [0.29, 0.717) is 6.42 Å². The molecule has 0 saturated heterocycles. The van der Waals surface area contributed by atoms with E-state index in [0.717, 1.165) is 6.07 Å². The molecule has 0 spiro atoms. The van der Waals surface area contributed by atoms with Crippen molar-refractivity contribution in [2.24, 2.45) is 0 Å². The van der Waals surface area contributed by atoms with Crippen LogP contribution in [0.1, 0.15) is 18.9 Å². The van der Waals surface area contributed by atoms with Gasteiger partial charge < -0.3 is 4.74 Å². The number of benzene rings is 1. The largest absolute Gasteiger partial charge is 0.447 e. The lowest BCUT2D eigenvalue weighted by Gasteiger charge is -2.40. The number of anilines is 1. The second-order valence-corrected chi connectivity index (χ2v) is 4.75. The van der Waals surface area contributed by atoms with Crippen LogP contribution in [0, 0.1) is 0 Å². The molecule has 1 aromatic rings. The Morgan fingerprint density at radius 3 is 2.75 bits per heavy atom. The second kappa shape index (κ2) is 5.14. The Morgan fingerprint density at radius 2 is 2.15 bits per heavy atom. The minimum absolute atomic E-state index is 0.0200. The fraction of sp³-hybridized carbons (Fsp3) is 0.417. The zero-order valence-electron chi connectivity index (χ0n) is 10.5. The summed E-state index contributed by atoms with van der Waals surface area (Å²) >= 11 is 5.76. The Morgan fingerprint density at radius 1 is 1.45 bits per heavy atom. The van der Waals surface area contributed by atoms with E-state index >= 15 is 0 Å². The first-order valence-corrected chi connectivity index (χ1v) is 6.29. The molecule has 20 heavy (non-hydrogen) atoms. The average Bonchev–Trinajstić information content (AvgIpc) is 2.35. The minimum atomic E-state index is -4.82. The van der Waals surface area contributed by atoms with E-state index in [4.69, 9.17) is 11.6 Å². The van der Waals surface area contributed by atoms with Crippen molar-refractivity contribution in [3.8, 4) is 0 Å². The molecule has 0 radical (unpaired) electrons. The molecule has 0 aromatic heterocycles. The fourth-order valence-corrected chi connectivity index (χ4v) is 2.16. The van der Waals surface area contributed by atoms with Crippen LogP contribution in [0.3, 0.4) is 0 Å². The van der Waals surface area contributed by atoms with Crippen molar-refractivity contribution in [2.45, 2.75) is 25.2 Å². The third-order valence-corrected chi connectivity index (χ3v) is 3.10. The smallest absolute Gasteiger partial charge is 0.413 e. The topological polar surface area (TPSA) is 50.4 Å². The Balaban J connectivity index is 2.61. The van der Waals surface area contributed by atoms with E-state index in [2.05, 4.69) is 15.4 Å². The predicted molar refractivity (Wildman–Crippen MR) is 67.6 cm³/mol. The standard InChI is InChI=1S/C12H12ClF3N2O2/c1-2-5-17-11(12(14,15)16)8-6-7(13)3-4-9(8)18-10(19)20-11/h3-4,6,17H,2,5H2,1H3,(H,18,19). The average molecular weight is 309 g/mol. The van der Waals surface area contributed by atoms with Gasteiger partial charge in [0.05, 0.1) is 5.69 Å². The van der Waals surface area contributed by atoms with Crippen LogP contribution in [-0.4, -0.2) is 18.8 Å². The van der Waals surface area contributed by atoms with Crippen molar-refractivity contribution in [3.63, 3.8) is 0 Å². The Kier molecular flexibility index (Phi) is 3.84. The Hall–Kier alpha value is -1.47. The summed E-state index contributed by atoms with van der Waals surface area (Å²) in [6.45, 7) is 1.73. The molecule has 8 heteroatoms. The van der Waals surface area contributed by atoms with E-state index in [1.807, 2.05) is 0 Å². The summed E-state index contributed by atoms with van der Waals surface area (Å²) < 4.78 is 45.1. The molecule has 1 aromatic carbocycles. The molecule has 2 rings (SSSR count). The van der Waals surface area contributed by atoms with Gasteiger partial charge in [0, 0.05) is 10.6 Å². The van der Waals surface area contributed by atoms with Gasteiger partial charge in [-0.15, -0.1) is 0 Å². The summed E-state index contributed by atoms with van der Waals surface area (Å²) in [5.41, 5.74) is -3.12. The SMILES string of the molecule is CCCNC1(C(F)(F)F)OC(=O)Nc2ccc(Cl)cc21. The number of fused-ring (bicyclic) bond motifs is 1. The number of hydrogen-bond donors (Lipinski definition) is 2. The molecule has 0 fully saturated rings. The molecular weight excluding hydrogens is 297 g/mol. The first-order valence-electron chi connectivity index (χ1n) is 5.92. The van der Waals surface area contributed by atoms with E-state index in [9.17, 15) is 18.0 Å². The molecule has 1 unspecified atom stereocenters. The van der Waals surface area contributed by atoms with Gasteiger partial charge >= 0.3 is 12.3 Å². The minimum Gasteiger partial charge on any atom is -0.413 e. The number of rotatable bonds is 3. The van der Waals surface area contributed by atoms with Gasteiger partial charge in [0.15, 0.2) is 0 Å². The lowest BCUT2D eigenvalue weighted by Crippen LogP contribution is -2.59. The van der Waals surface area contributed by atoms with Crippen LogP contribution in [0.5, 0.6) is 0 Å². The third-order valence-electron chi connectivity index (χ3n) is 2.87. The molecule has 0 aliphatic carbocycles. The lowest BCUT2D eigenvalue weighted by molar-refractivity contribution is -0.277. The molecule has 0 bridgehead atoms. The summed E-state index contributed by atoms with van der Waals surface area (Å²) in [6.07, 6.45) is -5.54. The number of nitrogens with one attached hydrogen (secondary N) is 2. The number of cyclic esters (lactones) is 1. The van der Waals surface area contributed by atoms with Gasteiger partial charge in [-0.2, -0.15) is 13.2 Å². The molecule has 4 nitrogen and oxygen atoms in total. The predicted octanol–water partition coefficient (Wildman–Crippen LogP) is 3.62. The monoisotopic (exact) mass is 308 g/mol. The van der Waals surface area contributed by atoms with E-state index in [1.165, 1.54) is 12.1 Å². The third kappa shape index (κ3) is 2.43. The first kappa shape index (κ1) is 14.9. The zero-order chi connectivity index (χ0) is 15.0. The van der Waals surface area contributed by atoms with Crippen molar-refractivity contribution < 1.29 is 22.7 Å². The highest BCUT2D eigenvalue weighted by Crippen LogP contribution is 2.46. The highest BCUT2D eigenvalue weighted by atomic mass is 35.5. The highest BCUT2D eigenvalue weighted by Gasteiger charge is 2.62. The van der Waals surface area contributed by atoms with E-state index in [1.54, 1.807) is 6.92 Å². The second-order valence-electron chi connectivity index (χ2n) is 4.31.